The molecule has 0 N–H and O–H groups in total. The van der Waals surface area contributed by atoms with Gasteiger partial charge in [-0.05, 0) is 36.3 Å². The molecule has 0 saturated carbocycles. The molecule has 0 heterocycles. The van der Waals surface area contributed by atoms with E-state index in [9.17, 15) is 0 Å². The van der Waals surface area contributed by atoms with E-state index in [1.54, 1.807) is 18.2 Å². The molecule has 0 aromatic heterocycles. The van der Waals surface area contributed by atoms with Crippen molar-refractivity contribution in [1.82, 2.24) is 0 Å². The Morgan fingerprint density at radius 3 is 2.29 bits per heavy atom. The molecule has 0 fully saturated rings. The van der Waals surface area contributed by atoms with E-state index in [1.165, 1.54) is 0 Å². The lowest BCUT2D eigenvalue weighted by molar-refractivity contribution is 1.56. The molecular formula is C13H10Cl4. The molecule has 0 bridgehead atoms. The van der Waals surface area contributed by atoms with E-state index in [4.69, 9.17) is 46.4 Å². The standard InChI is InChI=1S/C13H10Cl4/c1-8(3-5-11(15)9(2)14)10-4-6-12(16)13(17)7-10/h3-7H,2H2,1H3/b8-3+,11-5+. The van der Waals surface area contributed by atoms with E-state index < -0.39 is 0 Å². The molecule has 4 heteroatoms. The summed E-state index contributed by atoms with van der Waals surface area (Å²) in [5.41, 5.74) is 1.97. The summed E-state index contributed by atoms with van der Waals surface area (Å²) in [5.74, 6) is 0. The highest BCUT2D eigenvalue weighted by molar-refractivity contribution is 6.43. The molecule has 17 heavy (non-hydrogen) atoms. The third-order valence-electron chi connectivity index (χ3n) is 2.11. The quantitative estimate of drug-likeness (QED) is 0.577. The predicted molar refractivity (Wildman–Crippen MR) is 79.0 cm³/mol. The fourth-order valence-corrected chi connectivity index (χ4v) is 1.55. The van der Waals surface area contributed by atoms with Crippen LogP contribution in [0.5, 0.6) is 0 Å². The number of hydrogen-bond acceptors (Lipinski definition) is 0. The van der Waals surface area contributed by atoms with E-state index >= 15 is 0 Å². The van der Waals surface area contributed by atoms with E-state index in [2.05, 4.69) is 6.58 Å². The summed E-state index contributed by atoms with van der Waals surface area (Å²) >= 11 is 23.3. The summed E-state index contributed by atoms with van der Waals surface area (Å²) in [6.45, 7) is 5.47. The molecule has 0 atom stereocenters. The predicted octanol–water partition coefficient (Wildman–Crippen LogP) is 6.27. The van der Waals surface area contributed by atoms with Gasteiger partial charge in [0.05, 0.1) is 20.1 Å². The van der Waals surface area contributed by atoms with Gasteiger partial charge in [-0.25, -0.2) is 0 Å². The van der Waals surface area contributed by atoms with Crippen LogP contribution in [-0.2, 0) is 0 Å². The Kier molecular flexibility index (Phi) is 5.61. The van der Waals surface area contributed by atoms with Gasteiger partial charge in [-0.2, -0.15) is 0 Å². The van der Waals surface area contributed by atoms with Gasteiger partial charge >= 0.3 is 0 Å². The van der Waals surface area contributed by atoms with Crippen LogP contribution in [0, 0.1) is 0 Å². The molecule has 1 aromatic rings. The normalized spacial score (nSPS) is 12.8. The lowest BCUT2D eigenvalue weighted by Crippen LogP contribution is -1.80. The minimum absolute atomic E-state index is 0.310. The first-order chi connectivity index (χ1) is 7.91. The summed E-state index contributed by atoms with van der Waals surface area (Å²) in [4.78, 5) is 0. The van der Waals surface area contributed by atoms with Crippen LogP contribution in [0.2, 0.25) is 10.0 Å². The van der Waals surface area contributed by atoms with Crippen molar-refractivity contribution in [3.05, 3.63) is 62.6 Å². The third kappa shape index (κ3) is 4.40. The average Bonchev–Trinajstić information content (AvgIpc) is 2.28. The maximum Gasteiger partial charge on any atom is 0.0598 e. The highest BCUT2D eigenvalue weighted by atomic mass is 35.5. The van der Waals surface area contributed by atoms with Crippen molar-refractivity contribution in [2.24, 2.45) is 0 Å². The Morgan fingerprint density at radius 2 is 1.76 bits per heavy atom. The summed E-state index contributed by atoms with van der Waals surface area (Å²) in [6, 6.07) is 5.44. The van der Waals surface area contributed by atoms with Crippen molar-refractivity contribution in [2.45, 2.75) is 6.92 Å². The van der Waals surface area contributed by atoms with Crippen molar-refractivity contribution < 1.29 is 0 Å². The van der Waals surface area contributed by atoms with Crippen molar-refractivity contribution >= 4 is 52.0 Å². The smallest absolute Gasteiger partial charge is 0.0598 e. The van der Waals surface area contributed by atoms with Crippen LogP contribution in [-0.4, -0.2) is 0 Å². The molecule has 0 aliphatic carbocycles. The van der Waals surface area contributed by atoms with Gasteiger partial charge in [-0.3, -0.25) is 0 Å². The fourth-order valence-electron chi connectivity index (χ4n) is 1.13. The second-order valence-corrected chi connectivity index (χ2v) is 5.08. The van der Waals surface area contributed by atoms with Crippen molar-refractivity contribution in [1.29, 1.82) is 0 Å². The lowest BCUT2D eigenvalue weighted by atomic mass is 10.1. The van der Waals surface area contributed by atoms with Crippen LogP contribution in [0.25, 0.3) is 5.57 Å². The first kappa shape index (κ1) is 14.7. The van der Waals surface area contributed by atoms with Crippen molar-refractivity contribution in [3.63, 3.8) is 0 Å². The molecule has 0 radical (unpaired) electrons. The second-order valence-electron chi connectivity index (χ2n) is 3.40. The average molecular weight is 308 g/mol. The molecule has 0 saturated heterocycles. The Hall–Kier alpha value is -0.400. The van der Waals surface area contributed by atoms with Gasteiger partial charge in [0.1, 0.15) is 0 Å². The van der Waals surface area contributed by atoms with Crippen LogP contribution in [0.1, 0.15) is 12.5 Å². The Labute approximate surface area is 121 Å². The van der Waals surface area contributed by atoms with Gasteiger partial charge in [-0.1, -0.05) is 65.1 Å². The van der Waals surface area contributed by atoms with Crippen LogP contribution >= 0.6 is 46.4 Å². The Bertz CT molecular complexity index is 498. The molecule has 0 amide bonds. The number of halogens is 4. The lowest BCUT2D eigenvalue weighted by Gasteiger charge is -2.02. The monoisotopic (exact) mass is 306 g/mol. The van der Waals surface area contributed by atoms with Crippen molar-refractivity contribution in [3.8, 4) is 0 Å². The second kappa shape index (κ2) is 6.51. The summed E-state index contributed by atoms with van der Waals surface area (Å²) in [7, 11) is 0. The van der Waals surface area contributed by atoms with Crippen LogP contribution in [0.3, 0.4) is 0 Å². The minimum Gasteiger partial charge on any atom is -0.0834 e. The molecule has 0 aliphatic heterocycles. The molecule has 90 valence electrons. The molecule has 0 spiro atoms. The minimum atomic E-state index is 0.310. The largest absolute Gasteiger partial charge is 0.0834 e. The van der Waals surface area contributed by atoms with E-state index in [1.807, 2.05) is 19.1 Å². The van der Waals surface area contributed by atoms with E-state index in [-0.39, 0.29) is 0 Å². The number of allylic oxidation sites excluding steroid dienone is 5. The third-order valence-corrected chi connectivity index (χ3v) is 3.51. The first-order valence-electron chi connectivity index (χ1n) is 4.76. The molecule has 0 aliphatic rings. The van der Waals surface area contributed by atoms with Gasteiger partial charge in [0.25, 0.3) is 0 Å². The first-order valence-corrected chi connectivity index (χ1v) is 6.27. The Morgan fingerprint density at radius 1 is 1.12 bits per heavy atom. The topological polar surface area (TPSA) is 0 Å². The highest BCUT2D eigenvalue weighted by Gasteiger charge is 2.00. The maximum absolute atomic E-state index is 5.94. The highest BCUT2D eigenvalue weighted by Crippen LogP contribution is 2.26. The molecular weight excluding hydrogens is 298 g/mol. The van der Waals surface area contributed by atoms with Gasteiger partial charge in [0.15, 0.2) is 0 Å². The van der Waals surface area contributed by atoms with Gasteiger partial charge in [-0.15, -0.1) is 0 Å². The van der Waals surface area contributed by atoms with Gasteiger partial charge in [0.2, 0.25) is 0 Å². The van der Waals surface area contributed by atoms with E-state index in [0.717, 1.165) is 11.1 Å². The zero-order valence-electron chi connectivity index (χ0n) is 9.11. The molecule has 0 unspecified atom stereocenters. The molecule has 1 rings (SSSR count). The SMILES string of the molecule is C=C(Cl)/C(Cl)=C\C=C(/C)c1ccc(Cl)c(Cl)c1. The van der Waals surface area contributed by atoms with Gasteiger partial charge in [0, 0.05) is 0 Å². The van der Waals surface area contributed by atoms with E-state index in [0.29, 0.717) is 20.1 Å². The summed E-state index contributed by atoms with van der Waals surface area (Å²) in [6.07, 6.45) is 3.53. The molecule has 1 aromatic carbocycles. The number of rotatable bonds is 3. The zero-order chi connectivity index (χ0) is 13.0. The maximum atomic E-state index is 5.94. The summed E-state index contributed by atoms with van der Waals surface area (Å²) < 4.78 is 0. The summed E-state index contributed by atoms with van der Waals surface area (Å²) in [5, 5.41) is 1.77. The van der Waals surface area contributed by atoms with Crippen LogP contribution in [0.15, 0.2) is 47.0 Å². The van der Waals surface area contributed by atoms with Gasteiger partial charge < -0.3 is 0 Å². The number of hydrogen-bond donors (Lipinski definition) is 0. The molecule has 0 nitrogen and oxygen atoms in total. The zero-order valence-corrected chi connectivity index (χ0v) is 12.1. The Balaban J connectivity index is 3.00. The van der Waals surface area contributed by atoms with Crippen LogP contribution < -0.4 is 0 Å². The van der Waals surface area contributed by atoms with Crippen LogP contribution in [0.4, 0.5) is 0 Å². The van der Waals surface area contributed by atoms with Crippen molar-refractivity contribution in [2.75, 3.05) is 0 Å². The number of benzene rings is 1. The fraction of sp³-hybridized carbons (Fsp3) is 0.0769.